The van der Waals surface area contributed by atoms with E-state index in [0.717, 1.165) is 17.0 Å². The molecule has 0 aliphatic heterocycles. The number of anilines is 1. The Balaban J connectivity index is 1.61. The number of rotatable bonds is 9. The first-order valence-corrected chi connectivity index (χ1v) is 9.53. The van der Waals surface area contributed by atoms with Gasteiger partial charge in [0, 0.05) is 5.69 Å². The van der Waals surface area contributed by atoms with E-state index in [1.165, 1.54) is 11.8 Å². The summed E-state index contributed by atoms with van der Waals surface area (Å²) >= 11 is 1.30. The van der Waals surface area contributed by atoms with Crippen molar-refractivity contribution in [3.05, 3.63) is 60.2 Å². The van der Waals surface area contributed by atoms with Crippen molar-refractivity contribution < 1.29 is 14.3 Å². The van der Waals surface area contributed by atoms with Gasteiger partial charge in [-0.2, -0.15) is 0 Å². The largest absolute Gasteiger partial charge is 0.492 e. The number of carbonyl (C=O) groups is 2. The molecule has 0 aliphatic rings. The van der Waals surface area contributed by atoms with Crippen LogP contribution in [0.2, 0.25) is 0 Å². The third kappa shape index (κ3) is 7.19. The van der Waals surface area contributed by atoms with Crippen LogP contribution >= 0.6 is 11.8 Å². The van der Waals surface area contributed by atoms with Gasteiger partial charge < -0.3 is 15.4 Å². The smallest absolute Gasteiger partial charge is 0.234 e. The van der Waals surface area contributed by atoms with Crippen LogP contribution in [0.25, 0.3) is 0 Å². The summed E-state index contributed by atoms with van der Waals surface area (Å²) in [5, 5.41) is 5.33. The van der Waals surface area contributed by atoms with E-state index >= 15 is 0 Å². The van der Waals surface area contributed by atoms with Gasteiger partial charge in [0.1, 0.15) is 12.4 Å². The van der Waals surface area contributed by atoms with E-state index in [0.29, 0.717) is 13.2 Å². The normalized spacial score (nSPS) is 11.5. The summed E-state index contributed by atoms with van der Waals surface area (Å²) in [5.74, 6) is 0.779. The van der Waals surface area contributed by atoms with Crippen LogP contribution in [-0.2, 0) is 9.59 Å². The molecule has 2 aromatic carbocycles. The van der Waals surface area contributed by atoms with Crippen molar-refractivity contribution in [2.45, 2.75) is 19.1 Å². The number of hydrogen-bond donors (Lipinski definition) is 2. The molecule has 5 nitrogen and oxygen atoms in total. The maximum absolute atomic E-state index is 12.0. The lowest BCUT2D eigenvalue weighted by molar-refractivity contribution is -0.120. The van der Waals surface area contributed by atoms with E-state index in [-0.39, 0.29) is 22.8 Å². The number of para-hydroxylation sites is 1. The molecule has 0 bridgehead atoms. The fourth-order valence-electron chi connectivity index (χ4n) is 2.11. The molecule has 0 radical (unpaired) electrons. The van der Waals surface area contributed by atoms with Crippen LogP contribution in [0.1, 0.15) is 12.5 Å². The van der Waals surface area contributed by atoms with E-state index < -0.39 is 0 Å². The number of hydrogen-bond acceptors (Lipinski definition) is 4. The van der Waals surface area contributed by atoms with E-state index in [1.807, 2.05) is 61.5 Å². The van der Waals surface area contributed by atoms with Crippen LogP contribution < -0.4 is 15.4 Å². The summed E-state index contributed by atoms with van der Waals surface area (Å²) in [6.45, 7) is 4.61. The second-order valence-electron chi connectivity index (χ2n) is 5.82. The van der Waals surface area contributed by atoms with Gasteiger partial charge in [-0.05, 0) is 38.1 Å². The predicted molar refractivity (Wildman–Crippen MR) is 107 cm³/mol. The zero-order chi connectivity index (χ0) is 18.8. The first-order valence-electron chi connectivity index (χ1n) is 8.48. The summed E-state index contributed by atoms with van der Waals surface area (Å²) in [6, 6.07) is 17.1. The van der Waals surface area contributed by atoms with Gasteiger partial charge in [0.15, 0.2) is 0 Å². The molecular weight excluding hydrogens is 348 g/mol. The summed E-state index contributed by atoms with van der Waals surface area (Å²) in [7, 11) is 0. The zero-order valence-electron chi connectivity index (χ0n) is 15.0. The molecule has 6 heteroatoms. The van der Waals surface area contributed by atoms with E-state index in [1.54, 1.807) is 6.92 Å². The maximum Gasteiger partial charge on any atom is 0.234 e. The quantitative estimate of drug-likeness (QED) is 0.663. The third-order valence-corrected chi connectivity index (χ3v) is 4.73. The molecule has 2 amide bonds. The summed E-state index contributed by atoms with van der Waals surface area (Å²) in [6.07, 6.45) is 0. The molecule has 0 saturated carbocycles. The highest BCUT2D eigenvalue weighted by Crippen LogP contribution is 2.13. The lowest BCUT2D eigenvalue weighted by Crippen LogP contribution is -2.34. The van der Waals surface area contributed by atoms with Crippen LogP contribution in [0.15, 0.2) is 54.6 Å². The van der Waals surface area contributed by atoms with Gasteiger partial charge >= 0.3 is 0 Å². The number of amides is 2. The Bertz CT molecular complexity index is 705. The van der Waals surface area contributed by atoms with Crippen molar-refractivity contribution in [3.63, 3.8) is 0 Å². The third-order valence-electron chi connectivity index (χ3n) is 3.58. The Morgan fingerprint density at radius 3 is 2.46 bits per heavy atom. The van der Waals surface area contributed by atoms with Crippen molar-refractivity contribution >= 4 is 29.3 Å². The van der Waals surface area contributed by atoms with Crippen LogP contribution in [0.5, 0.6) is 5.75 Å². The molecule has 26 heavy (non-hydrogen) atoms. The monoisotopic (exact) mass is 372 g/mol. The summed E-state index contributed by atoms with van der Waals surface area (Å²) in [5.41, 5.74) is 1.90. The number of carbonyl (C=O) groups excluding carboxylic acids is 2. The minimum absolute atomic E-state index is 0.102. The molecule has 2 rings (SSSR count). The highest BCUT2D eigenvalue weighted by Gasteiger charge is 2.14. The van der Waals surface area contributed by atoms with Gasteiger partial charge in [-0.3, -0.25) is 9.59 Å². The van der Waals surface area contributed by atoms with Gasteiger partial charge in [0.2, 0.25) is 11.8 Å². The average molecular weight is 372 g/mol. The molecule has 0 aliphatic carbocycles. The molecule has 2 N–H and O–H groups in total. The molecule has 138 valence electrons. The van der Waals surface area contributed by atoms with E-state index in [2.05, 4.69) is 10.6 Å². The highest BCUT2D eigenvalue weighted by atomic mass is 32.2. The Labute approximate surface area is 158 Å². The second kappa shape index (κ2) is 10.5. The Kier molecular flexibility index (Phi) is 8.02. The van der Waals surface area contributed by atoms with Gasteiger partial charge in [0.25, 0.3) is 0 Å². The van der Waals surface area contributed by atoms with Gasteiger partial charge in [-0.25, -0.2) is 0 Å². The number of benzene rings is 2. The van der Waals surface area contributed by atoms with Crippen LogP contribution in [-0.4, -0.2) is 36.0 Å². The van der Waals surface area contributed by atoms with Crippen LogP contribution in [0.3, 0.4) is 0 Å². The Morgan fingerprint density at radius 2 is 1.77 bits per heavy atom. The highest BCUT2D eigenvalue weighted by molar-refractivity contribution is 8.01. The van der Waals surface area contributed by atoms with Crippen molar-refractivity contribution in [1.29, 1.82) is 0 Å². The topological polar surface area (TPSA) is 67.4 Å². The minimum Gasteiger partial charge on any atom is -0.492 e. The molecule has 0 aromatic heterocycles. The molecular formula is C20H24N2O3S. The Hall–Kier alpha value is -2.47. The minimum atomic E-state index is -0.310. The first-order chi connectivity index (χ1) is 12.5. The summed E-state index contributed by atoms with van der Waals surface area (Å²) < 4.78 is 5.52. The van der Waals surface area contributed by atoms with Crippen molar-refractivity contribution in [1.82, 2.24) is 5.32 Å². The van der Waals surface area contributed by atoms with E-state index in [9.17, 15) is 9.59 Å². The van der Waals surface area contributed by atoms with Crippen molar-refractivity contribution in [2.75, 3.05) is 24.2 Å². The fraction of sp³-hybridized carbons (Fsp3) is 0.300. The maximum atomic E-state index is 12.0. The van der Waals surface area contributed by atoms with Crippen molar-refractivity contribution in [3.8, 4) is 5.75 Å². The van der Waals surface area contributed by atoms with Gasteiger partial charge in [-0.15, -0.1) is 11.8 Å². The molecule has 1 unspecified atom stereocenters. The van der Waals surface area contributed by atoms with E-state index in [4.69, 9.17) is 4.74 Å². The molecule has 0 heterocycles. The molecule has 1 atom stereocenters. The lowest BCUT2D eigenvalue weighted by Gasteiger charge is -2.12. The standard InChI is InChI=1S/C20H24N2O3S/c1-15-8-10-17(11-9-15)22-19(23)14-26-16(2)20(24)21-12-13-25-18-6-4-3-5-7-18/h3-11,16H,12-14H2,1-2H3,(H,21,24)(H,22,23). The fourth-order valence-corrected chi connectivity index (χ4v) is 2.82. The van der Waals surface area contributed by atoms with Gasteiger partial charge in [0.05, 0.1) is 17.5 Å². The second-order valence-corrected chi connectivity index (χ2v) is 7.15. The number of thioether (sulfide) groups is 1. The SMILES string of the molecule is Cc1ccc(NC(=O)CSC(C)C(=O)NCCOc2ccccc2)cc1. The molecule has 0 saturated heterocycles. The Morgan fingerprint density at radius 1 is 1.08 bits per heavy atom. The van der Waals surface area contributed by atoms with Crippen molar-refractivity contribution in [2.24, 2.45) is 0 Å². The van der Waals surface area contributed by atoms with Crippen LogP contribution in [0.4, 0.5) is 5.69 Å². The molecule has 2 aromatic rings. The number of aryl methyl sites for hydroxylation is 1. The average Bonchev–Trinajstić information content (AvgIpc) is 2.66. The predicted octanol–water partition coefficient (Wildman–Crippen LogP) is 3.25. The lowest BCUT2D eigenvalue weighted by atomic mass is 10.2. The van der Waals surface area contributed by atoms with Crippen LogP contribution in [0, 0.1) is 6.92 Å². The number of ether oxygens (including phenoxy) is 1. The first kappa shape index (κ1) is 19.8. The molecule has 0 fully saturated rings. The number of nitrogens with one attached hydrogen (secondary N) is 2. The zero-order valence-corrected chi connectivity index (χ0v) is 15.8. The summed E-state index contributed by atoms with van der Waals surface area (Å²) in [4.78, 5) is 24.0. The molecule has 0 spiro atoms. The van der Waals surface area contributed by atoms with Gasteiger partial charge in [-0.1, -0.05) is 35.9 Å².